The van der Waals surface area contributed by atoms with E-state index in [9.17, 15) is 4.79 Å². The summed E-state index contributed by atoms with van der Waals surface area (Å²) in [5, 5.41) is 3.55. The van der Waals surface area contributed by atoms with Gasteiger partial charge in [0, 0.05) is 17.1 Å². The van der Waals surface area contributed by atoms with Gasteiger partial charge in [-0.3, -0.25) is 4.79 Å². The number of para-hydroxylation sites is 1. The molecule has 0 heterocycles. The first-order valence-electron chi connectivity index (χ1n) is 6.32. The summed E-state index contributed by atoms with van der Waals surface area (Å²) in [5.41, 5.74) is 1.89. The molecule has 0 aromatic heterocycles. The molecule has 2 aromatic carbocycles. The van der Waals surface area contributed by atoms with E-state index in [0.717, 1.165) is 16.9 Å². The van der Waals surface area contributed by atoms with E-state index in [1.807, 2.05) is 36.4 Å². The molecule has 0 aliphatic carbocycles. The highest BCUT2D eigenvalue weighted by Crippen LogP contribution is 2.16. The molecule has 0 aliphatic rings. The second-order valence-corrected chi connectivity index (χ2v) is 4.83. The monoisotopic (exact) mass is 289 g/mol. The summed E-state index contributed by atoms with van der Waals surface area (Å²) in [6, 6.07) is 14.9. The summed E-state index contributed by atoms with van der Waals surface area (Å²) < 4.78 is 5.24. The second-order valence-electron chi connectivity index (χ2n) is 4.39. The smallest absolute Gasteiger partial charge is 0.224 e. The number of nitrogens with one attached hydrogen (secondary N) is 1. The van der Waals surface area contributed by atoms with Gasteiger partial charge in [-0.2, -0.15) is 0 Å². The number of hydrogen-bond donors (Lipinski definition) is 1. The van der Waals surface area contributed by atoms with Crippen molar-refractivity contribution in [2.24, 2.45) is 0 Å². The third-order valence-electron chi connectivity index (χ3n) is 2.95. The van der Waals surface area contributed by atoms with Crippen molar-refractivity contribution in [1.29, 1.82) is 0 Å². The van der Waals surface area contributed by atoms with Gasteiger partial charge >= 0.3 is 0 Å². The van der Waals surface area contributed by atoms with Crippen LogP contribution in [0.1, 0.15) is 11.1 Å². The summed E-state index contributed by atoms with van der Waals surface area (Å²) in [6.45, 7) is 0.455. The van der Waals surface area contributed by atoms with Crippen molar-refractivity contribution in [1.82, 2.24) is 5.32 Å². The minimum absolute atomic E-state index is 0.0294. The number of carbonyl (C=O) groups is 1. The molecule has 2 rings (SSSR count). The molecule has 0 radical (unpaired) electrons. The largest absolute Gasteiger partial charge is 0.496 e. The van der Waals surface area contributed by atoms with Crippen LogP contribution in [0.5, 0.6) is 5.75 Å². The van der Waals surface area contributed by atoms with Gasteiger partial charge in [0.05, 0.1) is 13.5 Å². The Balaban J connectivity index is 1.90. The molecule has 0 aliphatic heterocycles. The molecule has 20 heavy (non-hydrogen) atoms. The predicted octanol–water partition coefficient (Wildman–Crippen LogP) is 3.21. The van der Waals surface area contributed by atoms with Crippen molar-refractivity contribution in [2.45, 2.75) is 13.0 Å². The first-order chi connectivity index (χ1) is 9.69. The van der Waals surface area contributed by atoms with Gasteiger partial charge in [-0.15, -0.1) is 0 Å². The minimum Gasteiger partial charge on any atom is -0.496 e. The van der Waals surface area contributed by atoms with E-state index in [2.05, 4.69) is 5.32 Å². The fourth-order valence-electron chi connectivity index (χ4n) is 1.89. The van der Waals surface area contributed by atoms with E-state index in [0.29, 0.717) is 18.0 Å². The van der Waals surface area contributed by atoms with Gasteiger partial charge in [-0.25, -0.2) is 0 Å². The molecule has 0 bridgehead atoms. The highest BCUT2D eigenvalue weighted by Gasteiger charge is 2.06. The second kappa shape index (κ2) is 6.96. The lowest BCUT2D eigenvalue weighted by Crippen LogP contribution is -2.24. The van der Waals surface area contributed by atoms with Crippen molar-refractivity contribution in [3.05, 3.63) is 64.7 Å². The highest BCUT2D eigenvalue weighted by atomic mass is 35.5. The fourth-order valence-corrected chi connectivity index (χ4v) is 2.02. The quantitative estimate of drug-likeness (QED) is 0.918. The van der Waals surface area contributed by atoms with Crippen LogP contribution >= 0.6 is 11.6 Å². The number of rotatable bonds is 5. The molecule has 1 amide bonds. The van der Waals surface area contributed by atoms with Gasteiger partial charge in [0.1, 0.15) is 5.75 Å². The zero-order chi connectivity index (χ0) is 14.4. The number of hydrogen-bond acceptors (Lipinski definition) is 2. The van der Waals surface area contributed by atoms with E-state index in [-0.39, 0.29) is 5.91 Å². The van der Waals surface area contributed by atoms with Crippen molar-refractivity contribution in [3.63, 3.8) is 0 Å². The van der Waals surface area contributed by atoms with Crippen molar-refractivity contribution >= 4 is 17.5 Å². The van der Waals surface area contributed by atoms with E-state index < -0.39 is 0 Å². The maximum Gasteiger partial charge on any atom is 0.224 e. The number of carbonyl (C=O) groups excluding carboxylic acids is 1. The van der Waals surface area contributed by atoms with Gasteiger partial charge < -0.3 is 10.1 Å². The molecule has 0 saturated carbocycles. The zero-order valence-electron chi connectivity index (χ0n) is 11.2. The molecule has 0 fully saturated rings. The molecular formula is C16H16ClNO2. The summed E-state index contributed by atoms with van der Waals surface area (Å²) >= 11 is 5.81. The Bertz CT molecular complexity index is 581. The van der Waals surface area contributed by atoms with Crippen molar-refractivity contribution in [2.75, 3.05) is 7.11 Å². The maximum absolute atomic E-state index is 11.9. The van der Waals surface area contributed by atoms with Crippen LogP contribution < -0.4 is 10.1 Å². The molecule has 0 atom stereocenters. The molecule has 0 saturated heterocycles. The van der Waals surface area contributed by atoms with Crippen LogP contribution in [0.3, 0.4) is 0 Å². The van der Waals surface area contributed by atoms with Gasteiger partial charge in [-0.05, 0) is 23.8 Å². The van der Waals surface area contributed by atoms with Crippen LogP contribution in [0.4, 0.5) is 0 Å². The number of methoxy groups -OCH3 is 1. The Hall–Kier alpha value is -2.00. The summed E-state index contributed by atoms with van der Waals surface area (Å²) in [6.07, 6.45) is 0.340. The molecule has 0 spiro atoms. The van der Waals surface area contributed by atoms with Crippen molar-refractivity contribution in [3.8, 4) is 5.75 Å². The normalized spacial score (nSPS) is 10.1. The summed E-state index contributed by atoms with van der Waals surface area (Å²) in [4.78, 5) is 11.9. The standard InChI is InChI=1S/C16H16ClNO2/c1-20-15-5-3-2-4-13(15)11-18-16(19)10-12-6-8-14(17)9-7-12/h2-9H,10-11H2,1H3,(H,18,19). The number of amides is 1. The van der Waals surface area contributed by atoms with E-state index in [1.165, 1.54) is 0 Å². The topological polar surface area (TPSA) is 38.3 Å². The average molecular weight is 290 g/mol. The molecule has 1 N–H and O–H groups in total. The summed E-state index contributed by atoms with van der Waals surface area (Å²) in [7, 11) is 1.62. The number of benzene rings is 2. The first-order valence-corrected chi connectivity index (χ1v) is 6.70. The zero-order valence-corrected chi connectivity index (χ0v) is 12.0. The first kappa shape index (κ1) is 14.4. The molecular weight excluding hydrogens is 274 g/mol. The SMILES string of the molecule is COc1ccccc1CNC(=O)Cc1ccc(Cl)cc1. The fraction of sp³-hybridized carbons (Fsp3) is 0.188. The molecule has 4 heteroatoms. The van der Waals surface area contributed by atoms with E-state index in [4.69, 9.17) is 16.3 Å². The number of ether oxygens (including phenoxy) is 1. The third-order valence-corrected chi connectivity index (χ3v) is 3.20. The van der Waals surface area contributed by atoms with Gasteiger partial charge in [0.25, 0.3) is 0 Å². The highest BCUT2D eigenvalue weighted by molar-refractivity contribution is 6.30. The van der Waals surface area contributed by atoms with Crippen LogP contribution in [-0.4, -0.2) is 13.0 Å². The van der Waals surface area contributed by atoms with Gasteiger partial charge in [-0.1, -0.05) is 41.9 Å². The van der Waals surface area contributed by atoms with Crippen LogP contribution in [0, 0.1) is 0 Å². The molecule has 3 nitrogen and oxygen atoms in total. The minimum atomic E-state index is -0.0294. The van der Waals surface area contributed by atoms with Crippen LogP contribution in [0.25, 0.3) is 0 Å². The maximum atomic E-state index is 11.9. The van der Waals surface area contributed by atoms with Gasteiger partial charge in [0.15, 0.2) is 0 Å². The average Bonchev–Trinajstić information content (AvgIpc) is 2.48. The van der Waals surface area contributed by atoms with Crippen molar-refractivity contribution < 1.29 is 9.53 Å². The number of halogens is 1. The Kier molecular flexibility index (Phi) is 5.02. The van der Waals surface area contributed by atoms with Crippen LogP contribution in [-0.2, 0) is 17.8 Å². The molecule has 104 valence electrons. The third kappa shape index (κ3) is 4.00. The Labute approximate surface area is 123 Å². The predicted molar refractivity (Wildman–Crippen MR) is 80.0 cm³/mol. The lowest BCUT2D eigenvalue weighted by molar-refractivity contribution is -0.120. The Morgan fingerprint density at radius 3 is 2.55 bits per heavy atom. The van der Waals surface area contributed by atoms with E-state index >= 15 is 0 Å². The Morgan fingerprint density at radius 1 is 1.15 bits per heavy atom. The lowest BCUT2D eigenvalue weighted by Gasteiger charge is -2.09. The Morgan fingerprint density at radius 2 is 1.85 bits per heavy atom. The van der Waals surface area contributed by atoms with E-state index in [1.54, 1.807) is 19.2 Å². The molecule has 2 aromatic rings. The lowest BCUT2D eigenvalue weighted by atomic mass is 10.1. The van der Waals surface area contributed by atoms with Crippen LogP contribution in [0.2, 0.25) is 5.02 Å². The molecule has 0 unspecified atom stereocenters. The van der Waals surface area contributed by atoms with Gasteiger partial charge in [0.2, 0.25) is 5.91 Å². The summed E-state index contributed by atoms with van der Waals surface area (Å²) in [5.74, 6) is 0.748. The van der Waals surface area contributed by atoms with Crippen LogP contribution in [0.15, 0.2) is 48.5 Å².